The van der Waals surface area contributed by atoms with Gasteiger partial charge >= 0.3 is 5.97 Å². The van der Waals surface area contributed by atoms with E-state index in [1.807, 2.05) is 0 Å². The van der Waals surface area contributed by atoms with Crippen LogP contribution in [0.2, 0.25) is 0 Å². The molecule has 0 aromatic heterocycles. The van der Waals surface area contributed by atoms with Gasteiger partial charge in [0.1, 0.15) is 0 Å². The fraction of sp³-hybridized carbons (Fsp3) is 0.375. The Morgan fingerprint density at radius 2 is 2.45 bits per heavy atom. The summed E-state index contributed by atoms with van der Waals surface area (Å²) in [4.78, 5) is 9.93. The van der Waals surface area contributed by atoms with E-state index in [2.05, 4.69) is 17.2 Å². The van der Waals surface area contributed by atoms with E-state index in [4.69, 9.17) is 5.11 Å². The number of rotatable bonds is 4. The molecule has 0 spiro atoms. The van der Waals surface area contributed by atoms with Crippen molar-refractivity contribution in [1.29, 1.82) is 0 Å². The highest BCUT2D eigenvalue weighted by Crippen LogP contribution is 1.72. The van der Waals surface area contributed by atoms with Gasteiger partial charge in [-0.25, -0.2) is 4.79 Å². The first kappa shape index (κ1) is 9.57. The van der Waals surface area contributed by atoms with Crippen LogP contribution >= 0.6 is 0 Å². The van der Waals surface area contributed by atoms with E-state index in [9.17, 15) is 4.79 Å². The molecule has 0 saturated carbocycles. The minimum absolute atomic E-state index is 0.685. The molecule has 0 aromatic carbocycles. The predicted octanol–water partition coefficient (Wildman–Crippen LogP) is 0.588. The average molecular weight is 153 g/mol. The molecule has 0 aliphatic rings. The quantitative estimate of drug-likeness (QED) is 0.353. The summed E-state index contributed by atoms with van der Waals surface area (Å²) < 4.78 is 0. The maximum atomic E-state index is 9.93. The van der Waals surface area contributed by atoms with E-state index in [0.29, 0.717) is 6.54 Å². The molecule has 60 valence electrons. The number of hydrogen-bond acceptors (Lipinski definition) is 2. The van der Waals surface area contributed by atoms with Crippen molar-refractivity contribution in [3.63, 3.8) is 0 Å². The van der Waals surface area contributed by atoms with Crippen LogP contribution in [0.5, 0.6) is 0 Å². The Labute approximate surface area is 66.1 Å². The van der Waals surface area contributed by atoms with Gasteiger partial charge in [0.05, 0.1) is 0 Å². The molecule has 2 N–H and O–H groups in total. The van der Waals surface area contributed by atoms with E-state index in [1.165, 1.54) is 6.20 Å². The van der Waals surface area contributed by atoms with E-state index < -0.39 is 5.97 Å². The first-order valence-corrected chi connectivity index (χ1v) is 3.30. The first-order chi connectivity index (χ1) is 5.27. The Hall–Kier alpha value is -1.43. The highest BCUT2D eigenvalue weighted by Gasteiger charge is 1.82. The lowest BCUT2D eigenvalue weighted by Crippen LogP contribution is -2.06. The number of carboxylic acids is 1. The van der Waals surface area contributed by atoms with Crippen LogP contribution in [0, 0.1) is 11.8 Å². The van der Waals surface area contributed by atoms with Crippen LogP contribution < -0.4 is 5.32 Å². The van der Waals surface area contributed by atoms with Gasteiger partial charge in [-0.15, -0.1) is 11.8 Å². The van der Waals surface area contributed by atoms with E-state index in [0.717, 1.165) is 12.5 Å². The zero-order chi connectivity index (χ0) is 8.53. The monoisotopic (exact) mass is 153 g/mol. The van der Waals surface area contributed by atoms with Crippen molar-refractivity contribution in [2.24, 2.45) is 0 Å². The lowest BCUT2D eigenvalue weighted by atomic mass is 10.4. The molecule has 0 atom stereocenters. The minimum atomic E-state index is -0.945. The number of hydrogen-bond donors (Lipinski definition) is 2. The van der Waals surface area contributed by atoms with Gasteiger partial charge in [0.15, 0.2) is 0 Å². The molecule has 0 saturated heterocycles. The summed E-state index contributed by atoms with van der Waals surface area (Å²) in [6.45, 7) is 2.46. The molecule has 0 aromatic rings. The highest BCUT2D eigenvalue weighted by molar-refractivity contribution is 5.79. The van der Waals surface area contributed by atoms with Crippen LogP contribution in [-0.2, 0) is 4.79 Å². The van der Waals surface area contributed by atoms with Gasteiger partial charge in [0.25, 0.3) is 0 Å². The third-order valence-corrected chi connectivity index (χ3v) is 0.915. The van der Waals surface area contributed by atoms with Crippen LogP contribution in [0.15, 0.2) is 12.3 Å². The number of aliphatic carboxylic acids is 1. The Kier molecular flexibility index (Phi) is 5.82. The van der Waals surface area contributed by atoms with Gasteiger partial charge in [0, 0.05) is 25.2 Å². The summed E-state index contributed by atoms with van der Waals surface area (Å²) in [6, 6.07) is 0. The summed E-state index contributed by atoms with van der Waals surface area (Å²) in [6.07, 6.45) is 3.19. The molecule has 0 unspecified atom stereocenters. The first-order valence-electron chi connectivity index (χ1n) is 3.30. The summed E-state index contributed by atoms with van der Waals surface area (Å²) in [7, 11) is 0. The maximum Gasteiger partial charge on any atom is 0.329 e. The van der Waals surface area contributed by atoms with E-state index in [-0.39, 0.29) is 0 Å². The molecule has 0 heterocycles. The van der Waals surface area contributed by atoms with Crippen molar-refractivity contribution < 1.29 is 9.90 Å². The number of carboxylic acid groups (broad SMARTS) is 1. The average Bonchev–Trinajstić information content (AvgIpc) is 1.96. The van der Waals surface area contributed by atoms with Crippen molar-refractivity contribution in [3.05, 3.63) is 12.3 Å². The molecule has 0 amide bonds. The van der Waals surface area contributed by atoms with Crippen LogP contribution in [-0.4, -0.2) is 17.6 Å². The second kappa shape index (κ2) is 6.69. The predicted molar refractivity (Wildman–Crippen MR) is 42.8 cm³/mol. The van der Waals surface area contributed by atoms with Crippen LogP contribution in [0.3, 0.4) is 0 Å². The van der Waals surface area contributed by atoms with Crippen molar-refractivity contribution in [3.8, 4) is 11.8 Å². The molecule has 0 radical (unpaired) electrons. The van der Waals surface area contributed by atoms with Crippen LogP contribution in [0.1, 0.15) is 13.3 Å². The zero-order valence-electron chi connectivity index (χ0n) is 6.42. The van der Waals surface area contributed by atoms with Gasteiger partial charge in [-0.3, -0.25) is 0 Å². The van der Waals surface area contributed by atoms with Crippen LogP contribution in [0.25, 0.3) is 0 Å². The molecule has 3 heteroatoms. The molecule has 0 bridgehead atoms. The fourth-order valence-corrected chi connectivity index (χ4v) is 0.473. The second-order valence-corrected chi connectivity index (χ2v) is 1.80. The molecule has 0 aliphatic carbocycles. The zero-order valence-corrected chi connectivity index (χ0v) is 6.42. The SMILES string of the molecule is CC#CCCN/C=C/C(=O)O. The second-order valence-electron chi connectivity index (χ2n) is 1.80. The Morgan fingerprint density at radius 3 is 3.00 bits per heavy atom. The normalized spacial score (nSPS) is 8.82. The van der Waals surface area contributed by atoms with Gasteiger partial charge < -0.3 is 10.4 Å². The molecule has 0 aliphatic heterocycles. The van der Waals surface area contributed by atoms with Gasteiger partial charge in [-0.05, 0) is 6.92 Å². The Balaban J connectivity index is 3.25. The molecule has 11 heavy (non-hydrogen) atoms. The standard InChI is InChI=1S/C8H11NO2/c1-2-3-4-6-9-7-5-8(10)11/h5,7,9H,4,6H2,1H3,(H,10,11)/b7-5+. The van der Waals surface area contributed by atoms with Crippen molar-refractivity contribution in [2.45, 2.75) is 13.3 Å². The highest BCUT2D eigenvalue weighted by atomic mass is 16.4. The minimum Gasteiger partial charge on any atom is -0.478 e. The Bertz CT molecular complexity index is 198. The molecular weight excluding hydrogens is 142 g/mol. The van der Waals surface area contributed by atoms with Crippen molar-refractivity contribution in [2.75, 3.05) is 6.54 Å². The number of nitrogens with one attached hydrogen (secondary N) is 1. The van der Waals surface area contributed by atoms with Crippen molar-refractivity contribution >= 4 is 5.97 Å². The van der Waals surface area contributed by atoms with Gasteiger partial charge in [-0.2, -0.15) is 0 Å². The fourth-order valence-electron chi connectivity index (χ4n) is 0.473. The van der Waals surface area contributed by atoms with Gasteiger partial charge in [0.2, 0.25) is 0 Å². The summed E-state index contributed by atoms with van der Waals surface area (Å²) in [5, 5.41) is 10.9. The summed E-state index contributed by atoms with van der Waals surface area (Å²) in [5.41, 5.74) is 0. The Morgan fingerprint density at radius 1 is 1.73 bits per heavy atom. The van der Waals surface area contributed by atoms with E-state index >= 15 is 0 Å². The van der Waals surface area contributed by atoms with E-state index in [1.54, 1.807) is 6.92 Å². The number of carbonyl (C=O) groups is 1. The maximum absolute atomic E-state index is 9.93. The topological polar surface area (TPSA) is 49.3 Å². The third-order valence-electron chi connectivity index (χ3n) is 0.915. The molecule has 0 rings (SSSR count). The molecule has 3 nitrogen and oxygen atoms in total. The van der Waals surface area contributed by atoms with Crippen molar-refractivity contribution in [1.82, 2.24) is 5.32 Å². The molecular formula is C8H11NO2. The van der Waals surface area contributed by atoms with Gasteiger partial charge in [-0.1, -0.05) is 0 Å². The van der Waals surface area contributed by atoms with Crippen LogP contribution in [0.4, 0.5) is 0 Å². The third kappa shape index (κ3) is 8.57. The molecule has 0 fully saturated rings. The summed E-state index contributed by atoms with van der Waals surface area (Å²) in [5.74, 6) is 4.63. The largest absolute Gasteiger partial charge is 0.478 e. The lowest BCUT2D eigenvalue weighted by Gasteiger charge is -1.92. The smallest absolute Gasteiger partial charge is 0.329 e. The lowest BCUT2D eigenvalue weighted by molar-refractivity contribution is -0.131. The summed E-state index contributed by atoms with van der Waals surface area (Å²) >= 11 is 0.